The summed E-state index contributed by atoms with van der Waals surface area (Å²) in [5.74, 6) is -0.220. The highest BCUT2D eigenvalue weighted by molar-refractivity contribution is 5.94. The first-order valence-electron chi connectivity index (χ1n) is 7.60. The molecule has 5 nitrogen and oxygen atoms in total. The van der Waals surface area contributed by atoms with Crippen LogP contribution in [0, 0.1) is 17.8 Å². The van der Waals surface area contributed by atoms with E-state index in [2.05, 4.69) is 0 Å². The summed E-state index contributed by atoms with van der Waals surface area (Å²) in [5.41, 5.74) is 0.500. The lowest BCUT2D eigenvalue weighted by molar-refractivity contribution is -0.151. The summed E-state index contributed by atoms with van der Waals surface area (Å²) in [6.45, 7) is 4.26. The maximum Gasteiger partial charge on any atom is 0.310 e. The molecular formula is C17H20O5. The summed E-state index contributed by atoms with van der Waals surface area (Å²) in [7, 11) is 1.60. The van der Waals surface area contributed by atoms with Gasteiger partial charge in [-0.05, 0) is 37.5 Å². The number of ether oxygens (including phenoxy) is 3. The Hall–Kier alpha value is -2.04. The van der Waals surface area contributed by atoms with Crippen LogP contribution in [0.2, 0.25) is 0 Å². The predicted molar refractivity (Wildman–Crippen MR) is 78.4 cm³/mol. The Kier molecular flexibility index (Phi) is 3.59. The van der Waals surface area contributed by atoms with Crippen molar-refractivity contribution in [1.29, 1.82) is 0 Å². The predicted octanol–water partition coefficient (Wildman–Crippen LogP) is 1.93. The van der Waals surface area contributed by atoms with Crippen LogP contribution in [0.1, 0.15) is 19.4 Å². The van der Waals surface area contributed by atoms with Crippen molar-refractivity contribution in [2.45, 2.75) is 19.3 Å². The molecule has 0 unspecified atom stereocenters. The fourth-order valence-corrected chi connectivity index (χ4v) is 3.73. The number of hydrogen-bond donors (Lipinski definition) is 0. The Bertz CT molecular complexity index is 583. The molecule has 22 heavy (non-hydrogen) atoms. The Morgan fingerprint density at radius 2 is 1.68 bits per heavy atom. The molecule has 2 aliphatic rings. The highest BCUT2D eigenvalue weighted by atomic mass is 16.5. The third-order valence-corrected chi connectivity index (χ3v) is 4.73. The van der Waals surface area contributed by atoms with E-state index in [0.717, 1.165) is 11.3 Å². The van der Waals surface area contributed by atoms with Gasteiger partial charge in [-0.2, -0.15) is 0 Å². The van der Waals surface area contributed by atoms with Gasteiger partial charge in [0.05, 0.1) is 32.2 Å². The molecule has 118 valence electrons. The maximum absolute atomic E-state index is 12.1. The van der Waals surface area contributed by atoms with Crippen LogP contribution < -0.4 is 4.74 Å². The molecular weight excluding hydrogens is 284 g/mol. The third kappa shape index (κ3) is 1.91. The quantitative estimate of drug-likeness (QED) is 0.752. The molecule has 1 aromatic carbocycles. The zero-order valence-corrected chi connectivity index (χ0v) is 13.0. The van der Waals surface area contributed by atoms with Crippen molar-refractivity contribution in [2.24, 2.45) is 17.8 Å². The number of fused-ring (bicyclic) bond motifs is 1. The minimum absolute atomic E-state index is 0.00212. The minimum Gasteiger partial charge on any atom is -0.497 e. The van der Waals surface area contributed by atoms with E-state index in [0.29, 0.717) is 13.2 Å². The van der Waals surface area contributed by atoms with E-state index >= 15 is 0 Å². The van der Waals surface area contributed by atoms with Crippen LogP contribution in [0.5, 0.6) is 5.75 Å². The van der Waals surface area contributed by atoms with Crippen LogP contribution in [0.15, 0.2) is 24.3 Å². The molecule has 0 saturated heterocycles. The lowest BCUT2D eigenvalue weighted by Gasteiger charge is -2.18. The molecule has 2 saturated carbocycles. The first kappa shape index (κ1) is 14.9. The van der Waals surface area contributed by atoms with Crippen molar-refractivity contribution in [3.05, 3.63) is 29.8 Å². The van der Waals surface area contributed by atoms with E-state index in [4.69, 9.17) is 14.2 Å². The maximum atomic E-state index is 12.1. The van der Waals surface area contributed by atoms with Gasteiger partial charge in [-0.15, -0.1) is 0 Å². The molecule has 0 heterocycles. The lowest BCUT2D eigenvalue weighted by atomic mass is 9.89. The van der Waals surface area contributed by atoms with Gasteiger partial charge >= 0.3 is 11.9 Å². The van der Waals surface area contributed by atoms with E-state index in [1.165, 1.54) is 0 Å². The number of carbonyl (C=O) groups is 2. The van der Waals surface area contributed by atoms with Crippen LogP contribution in [-0.4, -0.2) is 32.3 Å². The monoisotopic (exact) mass is 304 g/mol. The molecule has 0 spiro atoms. The van der Waals surface area contributed by atoms with E-state index < -0.39 is 5.41 Å². The summed E-state index contributed by atoms with van der Waals surface area (Å²) in [4.78, 5) is 24.2. The zero-order chi connectivity index (χ0) is 15.9. The molecule has 0 aliphatic heterocycles. The Morgan fingerprint density at radius 1 is 1.09 bits per heavy atom. The SMILES string of the molecule is CCOC(=O)[C@@H]1C2[C@@H](C(=O)OCC)C21c1cccc(OC)c1. The summed E-state index contributed by atoms with van der Waals surface area (Å²) < 4.78 is 15.5. The first-order valence-corrected chi connectivity index (χ1v) is 7.60. The van der Waals surface area contributed by atoms with Crippen LogP contribution >= 0.6 is 0 Å². The molecule has 2 atom stereocenters. The molecule has 1 aromatic rings. The molecule has 0 bridgehead atoms. The molecule has 0 radical (unpaired) electrons. The largest absolute Gasteiger partial charge is 0.497 e. The summed E-state index contributed by atoms with van der Waals surface area (Å²) >= 11 is 0. The van der Waals surface area contributed by atoms with Gasteiger partial charge in [0.2, 0.25) is 0 Å². The van der Waals surface area contributed by atoms with Crippen molar-refractivity contribution < 1.29 is 23.8 Å². The number of hydrogen-bond acceptors (Lipinski definition) is 5. The highest BCUT2D eigenvalue weighted by Gasteiger charge is 2.92. The van der Waals surface area contributed by atoms with Crippen LogP contribution in [0.3, 0.4) is 0 Å². The van der Waals surface area contributed by atoms with Gasteiger partial charge in [-0.3, -0.25) is 9.59 Å². The van der Waals surface area contributed by atoms with Crippen LogP contribution in [0.25, 0.3) is 0 Å². The van der Waals surface area contributed by atoms with Gasteiger partial charge < -0.3 is 14.2 Å². The average Bonchev–Trinajstić information content (AvgIpc) is 3.36. The normalized spacial score (nSPS) is 31.0. The zero-order valence-electron chi connectivity index (χ0n) is 13.0. The standard InChI is InChI=1S/C17H20O5/c1-4-21-15(18)13-12-14(16(19)22-5-2)17(12,13)10-7-6-8-11(9-10)20-3/h6-9,12-14H,4-5H2,1-3H3/t12?,13-,14-,17?/m0/s1. The summed E-state index contributed by atoms with van der Waals surface area (Å²) in [6.07, 6.45) is 0. The number of esters is 2. The number of benzene rings is 1. The summed E-state index contributed by atoms with van der Waals surface area (Å²) in [5, 5.41) is 0. The molecule has 0 amide bonds. The second-order valence-electron chi connectivity index (χ2n) is 5.65. The van der Waals surface area contributed by atoms with E-state index in [-0.39, 0.29) is 29.7 Å². The highest BCUT2D eigenvalue weighted by Crippen LogP contribution is 2.84. The van der Waals surface area contributed by atoms with Crippen molar-refractivity contribution in [1.82, 2.24) is 0 Å². The summed E-state index contributed by atoms with van der Waals surface area (Å²) in [6, 6.07) is 7.55. The molecule has 5 heteroatoms. The van der Waals surface area contributed by atoms with Gasteiger partial charge in [0, 0.05) is 5.41 Å². The van der Waals surface area contributed by atoms with E-state index in [1.54, 1.807) is 21.0 Å². The number of carbonyl (C=O) groups excluding carboxylic acids is 2. The Balaban J connectivity index is 1.88. The topological polar surface area (TPSA) is 61.8 Å². The molecule has 2 aliphatic carbocycles. The van der Waals surface area contributed by atoms with Gasteiger partial charge in [0.1, 0.15) is 5.75 Å². The second kappa shape index (κ2) is 5.30. The smallest absolute Gasteiger partial charge is 0.310 e. The molecule has 0 N–H and O–H groups in total. The van der Waals surface area contributed by atoms with Crippen molar-refractivity contribution >= 4 is 11.9 Å². The van der Waals surface area contributed by atoms with Crippen molar-refractivity contribution in [2.75, 3.05) is 20.3 Å². The number of methoxy groups -OCH3 is 1. The van der Waals surface area contributed by atoms with Crippen LogP contribution in [0.4, 0.5) is 0 Å². The fourth-order valence-electron chi connectivity index (χ4n) is 3.73. The fraction of sp³-hybridized carbons (Fsp3) is 0.529. The van der Waals surface area contributed by atoms with Gasteiger partial charge in [0.15, 0.2) is 0 Å². The van der Waals surface area contributed by atoms with Gasteiger partial charge in [-0.25, -0.2) is 0 Å². The Labute approximate surface area is 129 Å². The number of rotatable bonds is 6. The third-order valence-electron chi connectivity index (χ3n) is 4.73. The molecule has 2 fully saturated rings. The lowest BCUT2D eigenvalue weighted by Crippen LogP contribution is -2.28. The molecule has 3 rings (SSSR count). The first-order chi connectivity index (χ1) is 10.6. The molecule has 0 aromatic heterocycles. The van der Waals surface area contributed by atoms with Crippen molar-refractivity contribution in [3.8, 4) is 5.75 Å². The van der Waals surface area contributed by atoms with E-state index in [9.17, 15) is 9.59 Å². The van der Waals surface area contributed by atoms with Crippen molar-refractivity contribution in [3.63, 3.8) is 0 Å². The van der Waals surface area contributed by atoms with Gasteiger partial charge in [0.25, 0.3) is 0 Å². The average molecular weight is 304 g/mol. The Morgan fingerprint density at radius 3 is 2.18 bits per heavy atom. The van der Waals surface area contributed by atoms with E-state index in [1.807, 2.05) is 24.3 Å². The van der Waals surface area contributed by atoms with Crippen LogP contribution in [-0.2, 0) is 24.5 Å². The van der Waals surface area contributed by atoms with Gasteiger partial charge in [-0.1, -0.05) is 12.1 Å². The second-order valence-corrected chi connectivity index (χ2v) is 5.65. The minimum atomic E-state index is -0.451.